The van der Waals surface area contributed by atoms with Gasteiger partial charge in [-0.05, 0) is 60.4 Å². The van der Waals surface area contributed by atoms with E-state index in [1.54, 1.807) is 0 Å². The molecule has 0 aromatic heterocycles. The van der Waals surface area contributed by atoms with Gasteiger partial charge in [0.25, 0.3) is 0 Å². The van der Waals surface area contributed by atoms with E-state index in [0.29, 0.717) is 5.70 Å². The molecule has 132 valence electrons. The van der Waals surface area contributed by atoms with Crippen LogP contribution in [0.4, 0.5) is 11.4 Å². The summed E-state index contributed by atoms with van der Waals surface area (Å²) in [6, 6.07) is 18.4. The van der Waals surface area contributed by atoms with E-state index in [1.807, 2.05) is 54.6 Å². The fourth-order valence-electron chi connectivity index (χ4n) is 2.80. The van der Waals surface area contributed by atoms with Gasteiger partial charge in [-0.15, -0.1) is 0 Å². The Labute approximate surface area is 155 Å². The van der Waals surface area contributed by atoms with Gasteiger partial charge in [-0.3, -0.25) is 0 Å². The topological polar surface area (TPSA) is 50.4 Å². The number of nitrogens with zero attached hydrogens (tertiary/aromatic N) is 1. The van der Waals surface area contributed by atoms with E-state index in [9.17, 15) is 0 Å². The van der Waals surface area contributed by atoms with Gasteiger partial charge in [0, 0.05) is 11.4 Å². The lowest BCUT2D eigenvalue weighted by Crippen LogP contribution is -2.17. The Morgan fingerprint density at radius 1 is 1.00 bits per heavy atom. The quantitative estimate of drug-likeness (QED) is 0.726. The first-order valence-electron chi connectivity index (χ1n) is 9.04. The molecule has 0 aliphatic heterocycles. The van der Waals surface area contributed by atoms with E-state index in [0.717, 1.165) is 34.8 Å². The molecule has 2 aromatic rings. The van der Waals surface area contributed by atoms with E-state index in [1.165, 1.54) is 18.4 Å². The predicted octanol–water partition coefficient (Wildman–Crippen LogP) is 5.51. The number of nitrogens with one attached hydrogen (secondary N) is 1. The number of unbranched alkanes of at least 4 members (excludes halogenated alkanes) is 1. The number of benzene rings is 2. The Morgan fingerprint density at radius 2 is 1.73 bits per heavy atom. The van der Waals surface area contributed by atoms with Crippen molar-refractivity contribution in [3.05, 3.63) is 95.9 Å². The number of rotatable bonds is 6. The van der Waals surface area contributed by atoms with Crippen LogP contribution in [0.2, 0.25) is 0 Å². The van der Waals surface area contributed by atoms with Crippen LogP contribution in [-0.4, -0.2) is 5.71 Å². The van der Waals surface area contributed by atoms with E-state index in [2.05, 4.69) is 31.0 Å². The number of nitrogens with two attached hydrogens (primary N) is 1. The average molecular weight is 343 g/mol. The number of aliphatic imine (C=N–C) groups is 1. The minimum Gasteiger partial charge on any atom is -0.397 e. The molecule has 3 rings (SSSR count). The van der Waals surface area contributed by atoms with Crippen LogP contribution >= 0.6 is 0 Å². The first-order chi connectivity index (χ1) is 12.7. The fourth-order valence-corrected chi connectivity index (χ4v) is 2.80. The van der Waals surface area contributed by atoms with Crippen LogP contribution in [-0.2, 0) is 6.42 Å². The highest BCUT2D eigenvalue weighted by Crippen LogP contribution is 2.23. The highest BCUT2D eigenvalue weighted by molar-refractivity contribution is 6.11. The SMILES string of the molecule is C=C1C=C(N)C(=Nc2ccc(CCCC)cc2)C=C1Nc1ccccc1. The lowest BCUT2D eigenvalue weighted by Gasteiger charge is -2.17. The first kappa shape index (κ1) is 17.7. The molecule has 2 aromatic carbocycles. The first-order valence-corrected chi connectivity index (χ1v) is 9.04. The lowest BCUT2D eigenvalue weighted by molar-refractivity contribution is 0.795. The number of anilines is 1. The Kier molecular flexibility index (Phi) is 5.69. The molecule has 0 saturated carbocycles. The summed E-state index contributed by atoms with van der Waals surface area (Å²) < 4.78 is 0. The summed E-state index contributed by atoms with van der Waals surface area (Å²) in [7, 11) is 0. The summed E-state index contributed by atoms with van der Waals surface area (Å²) in [6.07, 6.45) is 7.34. The molecule has 0 atom stereocenters. The van der Waals surface area contributed by atoms with Crippen molar-refractivity contribution in [3.8, 4) is 0 Å². The second-order valence-electron chi connectivity index (χ2n) is 6.44. The largest absolute Gasteiger partial charge is 0.397 e. The Morgan fingerprint density at radius 3 is 2.42 bits per heavy atom. The van der Waals surface area contributed by atoms with Crippen LogP contribution in [0.3, 0.4) is 0 Å². The third-order valence-electron chi connectivity index (χ3n) is 4.31. The molecule has 1 aliphatic rings. The van der Waals surface area contributed by atoms with Crippen LogP contribution < -0.4 is 11.1 Å². The fraction of sp³-hybridized carbons (Fsp3) is 0.174. The number of aryl methyl sites for hydroxylation is 1. The molecule has 0 heterocycles. The second kappa shape index (κ2) is 8.34. The van der Waals surface area contributed by atoms with Gasteiger partial charge in [-0.2, -0.15) is 0 Å². The van der Waals surface area contributed by atoms with E-state index in [-0.39, 0.29) is 0 Å². The maximum absolute atomic E-state index is 6.17. The number of allylic oxidation sites excluding steroid dienone is 2. The Hall–Kier alpha value is -3.07. The van der Waals surface area contributed by atoms with Crippen molar-refractivity contribution < 1.29 is 0 Å². The molecule has 0 saturated heterocycles. The molecule has 0 bridgehead atoms. The van der Waals surface area contributed by atoms with Gasteiger partial charge in [0.2, 0.25) is 0 Å². The van der Waals surface area contributed by atoms with Gasteiger partial charge in [-0.25, -0.2) is 4.99 Å². The maximum Gasteiger partial charge on any atom is 0.0887 e. The summed E-state index contributed by atoms with van der Waals surface area (Å²) in [5, 5.41) is 3.38. The predicted molar refractivity (Wildman–Crippen MR) is 112 cm³/mol. The van der Waals surface area contributed by atoms with Gasteiger partial charge in [-0.1, -0.05) is 50.3 Å². The summed E-state index contributed by atoms with van der Waals surface area (Å²) in [4.78, 5) is 4.71. The van der Waals surface area contributed by atoms with Crippen LogP contribution in [0.5, 0.6) is 0 Å². The number of para-hydroxylation sites is 1. The molecule has 0 unspecified atom stereocenters. The zero-order valence-electron chi connectivity index (χ0n) is 15.2. The van der Waals surface area contributed by atoms with E-state index >= 15 is 0 Å². The molecule has 3 heteroatoms. The van der Waals surface area contributed by atoms with Crippen LogP contribution in [0, 0.1) is 0 Å². The van der Waals surface area contributed by atoms with Crippen LogP contribution in [0.1, 0.15) is 25.3 Å². The van der Waals surface area contributed by atoms with Gasteiger partial charge in [0.1, 0.15) is 0 Å². The average Bonchev–Trinajstić information content (AvgIpc) is 2.66. The standard InChI is InChI=1S/C23H25N3/c1-3-4-8-18-11-13-20(14-12-18)26-23-16-22(17(2)15-21(23)24)25-19-9-6-5-7-10-19/h5-7,9-16,25H,2-4,8,24H2,1H3. The summed E-state index contributed by atoms with van der Waals surface area (Å²) in [5.41, 5.74) is 12.6. The van der Waals surface area contributed by atoms with Gasteiger partial charge in [0.05, 0.1) is 17.1 Å². The minimum absolute atomic E-state index is 0.628. The number of hydrogen-bond acceptors (Lipinski definition) is 3. The molecule has 3 nitrogen and oxygen atoms in total. The maximum atomic E-state index is 6.17. The molecule has 0 amide bonds. The van der Waals surface area contributed by atoms with Crippen molar-refractivity contribution in [3.63, 3.8) is 0 Å². The van der Waals surface area contributed by atoms with Crippen molar-refractivity contribution in [1.82, 2.24) is 0 Å². The third-order valence-corrected chi connectivity index (χ3v) is 4.31. The third kappa shape index (κ3) is 4.51. The molecular formula is C23H25N3. The highest BCUT2D eigenvalue weighted by Gasteiger charge is 2.13. The van der Waals surface area contributed by atoms with E-state index < -0.39 is 0 Å². The van der Waals surface area contributed by atoms with E-state index in [4.69, 9.17) is 10.7 Å². The summed E-state index contributed by atoms with van der Waals surface area (Å²) in [6.45, 7) is 6.29. The highest BCUT2D eigenvalue weighted by atomic mass is 14.9. The minimum atomic E-state index is 0.628. The normalized spacial score (nSPS) is 15.6. The van der Waals surface area contributed by atoms with Gasteiger partial charge >= 0.3 is 0 Å². The summed E-state index contributed by atoms with van der Waals surface area (Å²) >= 11 is 0. The zero-order valence-corrected chi connectivity index (χ0v) is 15.2. The summed E-state index contributed by atoms with van der Waals surface area (Å²) in [5.74, 6) is 0. The van der Waals surface area contributed by atoms with Gasteiger partial charge in [0.15, 0.2) is 0 Å². The molecule has 0 spiro atoms. The van der Waals surface area contributed by atoms with Crippen LogP contribution in [0.25, 0.3) is 0 Å². The van der Waals surface area contributed by atoms with Crippen molar-refractivity contribution in [2.75, 3.05) is 5.32 Å². The second-order valence-corrected chi connectivity index (χ2v) is 6.44. The number of hydrogen-bond donors (Lipinski definition) is 2. The Balaban J connectivity index is 1.81. The molecule has 3 N–H and O–H groups in total. The molecule has 26 heavy (non-hydrogen) atoms. The lowest BCUT2D eigenvalue weighted by atomic mass is 10.0. The van der Waals surface area contributed by atoms with Crippen molar-refractivity contribution in [2.24, 2.45) is 10.7 Å². The van der Waals surface area contributed by atoms with Crippen molar-refractivity contribution >= 4 is 17.1 Å². The van der Waals surface area contributed by atoms with Crippen LogP contribution in [0.15, 0.2) is 95.3 Å². The monoisotopic (exact) mass is 343 g/mol. The van der Waals surface area contributed by atoms with Crippen molar-refractivity contribution in [2.45, 2.75) is 26.2 Å². The van der Waals surface area contributed by atoms with Gasteiger partial charge < -0.3 is 11.1 Å². The Bertz CT molecular complexity index is 856. The molecule has 0 radical (unpaired) electrons. The molecule has 1 aliphatic carbocycles. The van der Waals surface area contributed by atoms with Crippen molar-refractivity contribution in [1.29, 1.82) is 0 Å². The smallest absolute Gasteiger partial charge is 0.0887 e. The zero-order chi connectivity index (χ0) is 18.4. The molecule has 0 fully saturated rings. The molecular weight excluding hydrogens is 318 g/mol.